The summed E-state index contributed by atoms with van der Waals surface area (Å²) in [5.41, 5.74) is 11.7. The van der Waals surface area contributed by atoms with Crippen molar-refractivity contribution in [2.75, 3.05) is 0 Å². The lowest BCUT2D eigenvalue weighted by Crippen LogP contribution is -2.55. The minimum Gasteiger partial charge on any atom is -0.481 e. The fraction of sp³-hybridized carbons (Fsp3) is 0.389. The summed E-state index contributed by atoms with van der Waals surface area (Å²) in [5.74, 6) is -5.36. The van der Waals surface area contributed by atoms with Crippen LogP contribution in [0.3, 0.4) is 0 Å². The first-order chi connectivity index (χ1) is 13.6. The van der Waals surface area contributed by atoms with Crippen molar-refractivity contribution in [3.8, 4) is 0 Å². The lowest BCUT2D eigenvalue weighted by atomic mass is 10.0. The van der Waals surface area contributed by atoms with E-state index >= 15 is 0 Å². The number of carboxylic acid groups (broad SMARTS) is 2. The molecule has 0 spiro atoms. The van der Waals surface area contributed by atoms with Crippen molar-refractivity contribution in [2.24, 2.45) is 11.5 Å². The molecule has 0 aliphatic heterocycles. The Labute approximate surface area is 166 Å². The van der Waals surface area contributed by atoms with Crippen molar-refractivity contribution in [2.45, 2.75) is 43.8 Å². The molecule has 1 aromatic rings. The van der Waals surface area contributed by atoms with Crippen molar-refractivity contribution >= 4 is 29.7 Å². The van der Waals surface area contributed by atoms with Gasteiger partial charge in [-0.2, -0.15) is 0 Å². The van der Waals surface area contributed by atoms with Crippen LogP contribution in [0, 0.1) is 0 Å². The van der Waals surface area contributed by atoms with Gasteiger partial charge in [-0.1, -0.05) is 30.3 Å². The van der Waals surface area contributed by atoms with Gasteiger partial charge in [0.1, 0.15) is 12.1 Å². The van der Waals surface area contributed by atoms with Gasteiger partial charge in [-0.25, -0.2) is 4.79 Å². The zero-order valence-electron chi connectivity index (χ0n) is 15.5. The highest BCUT2D eigenvalue weighted by molar-refractivity contribution is 5.93. The maximum absolute atomic E-state index is 12.4. The molecule has 29 heavy (non-hydrogen) atoms. The maximum Gasteiger partial charge on any atom is 0.326 e. The van der Waals surface area contributed by atoms with Crippen LogP contribution in [0.4, 0.5) is 0 Å². The predicted octanol–water partition coefficient (Wildman–Crippen LogP) is -1.65. The molecule has 1 aromatic carbocycles. The Balaban J connectivity index is 2.82. The molecule has 0 aromatic heterocycles. The van der Waals surface area contributed by atoms with Crippen molar-refractivity contribution < 1.29 is 34.2 Å². The minimum atomic E-state index is -1.70. The smallest absolute Gasteiger partial charge is 0.326 e. The number of carbonyl (C=O) groups is 5. The van der Waals surface area contributed by atoms with Crippen LogP contribution in [0.25, 0.3) is 0 Å². The molecule has 3 amide bonds. The normalized spacial score (nSPS) is 13.6. The Morgan fingerprint density at radius 3 is 2.03 bits per heavy atom. The first-order valence-electron chi connectivity index (χ1n) is 8.73. The van der Waals surface area contributed by atoms with E-state index in [2.05, 4.69) is 5.32 Å². The maximum atomic E-state index is 12.4. The summed E-state index contributed by atoms with van der Waals surface area (Å²) in [6, 6.07) is 4.88. The molecule has 0 bridgehead atoms. The van der Waals surface area contributed by atoms with Crippen molar-refractivity contribution in [3.63, 3.8) is 0 Å². The van der Waals surface area contributed by atoms with Crippen LogP contribution in [0.5, 0.6) is 0 Å². The Kier molecular flexibility index (Phi) is 9.26. The van der Waals surface area contributed by atoms with Gasteiger partial charge in [0.15, 0.2) is 0 Å². The lowest BCUT2D eigenvalue weighted by Gasteiger charge is -2.22. The number of rotatable bonds is 12. The van der Waals surface area contributed by atoms with E-state index in [0.29, 0.717) is 0 Å². The number of amides is 3. The summed E-state index contributed by atoms with van der Waals surface area (Å²) in [7, 11) is 0. The number of carboxylic acids is 2. The Morgan fingerprint density at radius 1 is 0.931 bits per heavy atom. The number of hydrogen-bond acceptors (Lipinski definition) is 6. The van der Waals surface area contributed by atoms with Gasteiger partial charge < -0.3 is 32.3 Å². The summed E-state index contributed by atoms with van der Waals surface area (Å²) >= 11 is 0. The molecule has 0 heterocycles. The van der Waals surface area contributed by atoms with Gasteiger partial charge in [-0.3, -0.25) is 19.2 Å². The van der Waals surface area contributed by atoms with Crippen LogP contribution in [0.1, 0.15) is 24.8 Å². The number of nitrogens with one attached hydrogen (secondary N) is 2. The van der Waals surface area contributed by atoms with E-state index in [9.17, 15) is 24.0 Å². The Hall–Kier alpha value is -3.47. The van der Waals surface area contributed by atoms with Gasteiger partial charge >= 0.3 is 11.9 Å². The molecule has 0 aliphatic carbocycles. The third kappa shape index (κ3) is 8.84. The van der Waals surface area contributed by atoms with Gasteiger partial charge in [0.25, 0.3) is 0 Å². The molecule has 11 nitrogen and oxygen atoms in total. The third-order valence-electron chi connectivity index (χ3n) is 3.94. The van der Waals surface area contributed by atoms with Gasteiger partial charge in [0, 0.05) is 6.42 Å². The molecule has 0 saturated carbocycles. The molecule has 8 N–H and O–H groups in total. The Bertz CT molecular complexity index is 754. The van der Waals surface area contributed by atoms with Crippen molar-refractivity contribution in [1.29, 1.82) is 0 Å². The second-order valence-electron chi connectivity index (χ2n) is 6.36. The summed E-state index contributed by atoms with van der Waals surface area (Å²) in [4.78, 5) is 57.7. The van der Waals surface area contributed by atoms with Crippen LogP contribution in [0.2, 0.25) is 0 Å². The van der Waals surface area contributed by atoms with E-state index in [1.54, 1.807) is 30.3 Å². The first-order valence-corrected chi connectivity index (χ1v) is 8.73. The van der Waals surface area contributed by atoms with Crippen LogP contribution in [-0.2, 0) is 30.4 Å². The average Bonchev–Trinajstić information content (AvgIpc) is 2.64. The number of hydrogen-bond donors (Lipinski definition) is 6. The molecular formula is C18H24N4O7. The van der Waals surface area contributed by atoms with Crippen molar-refractivity contribution in [1.82, 2.24) is 10.6 Å². The van der Waals surface area contributed by atoms with Crippen LogP contribution in [-0.4, -0.2) is 58.0 Å². The molecule has 0 aliphatic rings. The molecule has 11 heteroatoms. The Morgan fingerprint density at radius 2 is 1.52 bits per heavy atom. The SMILES string of the molecule is NC(=O)CCC(NC(=O)C(N)Cc1ccccc1)C(=O)NC(CC(=O)O)C(=O)O. The van der Waals surface area contributed by atoms with Gasteiger partial charge in [-0.05, 0) is 18.4 Å². The number of aliphatic carboxylic acids is 2. The van der Waals surface area contributed by atoms with Crippen molar-refractivity contribution in [3.05, 3.63) is 35.9 Å². The molecule has 0 radical (unpaired) electrons. The largest absolute Gasteiger partial charge is 0.481 e. The second-order valence-corrected chi connectivity index (χ2v) is 6.36. The molecular weight excluding hydrogens is 384 g/mol. The standard InChI is InChI=1S/C18H24N4O7/c19-11(8-10-4-2-1-3-5-10)16(26)21-12(6-7-14(20)23)17(27)22-13(18(28)29)9-15(24)25/h1-5,11-13H,6-9,19H2,(H2,20,23)(H,21,26)(H,22,27)(H,24,25)(H,28,29). The molecule has 158 valence electrons. The minimum absolute atomic E-state index is 0.188. The highest BCUT2D eigenvalue weighted by Crippen LogP contribution is 2.05. The predicted molar refractivity (Wildman–Crippen MR) is 100 cm³/mol. The van der Waals surface area contributed by atoms with E-state index in [1.165, 1.54) is 0 Å². The zero-order valence-corrected chi connectivity index (χ0v) is 15.5. The van der Waals surface area contributed by atoms with E-state index < -0.39 is 54.2 Å². The quantitative estimate of drug-likeness (QED) is 0.236. The highest BCUT2D eigenvalue weighted by Gasteiger charge is 2.29. The second kappa shape index (κ2) is 11.4. The van der Waals surface area contributed by atoms with E-state index in [-0.39, 0.29) is 19.3 Å². The van der Waals surface area contributed by atoms with Crippen LogP contribution in [0.15, 0.2) is 30.3 Å². The number of carbonyl (C=O) groups excluding carboxylic acids is 3. The summed E-state index contributed by atoms with van der Waals surface area (Å²) in [6.45, 7) is 0. The molecule has 3 unspecified atom stereocenters. The summed E-state index contributed by atoms with van der Waals surface area (Å²) in [6.07, 6.45) is -1.13. The zero-order chi connectivity index (χ0) is 22.0. The molecule has 0 saturated heterocycles. The van der Waals surface area contributed by atoms with Gasteiger partial charge in [0.2, 0.25) is 17.7 Å². The van der Waals surface area contributed by atoms with E-state index in [4.69, 9.17) is 21.7 Å². The summed E-state index contributed by atoms with van der Waals surface area (Å²) < 4.78 is 0. The fourth-order valence-corrected chi connectivity index (χ4v) is 2.44. The third-order valence-corrected chi connectivity index (χ3v) is 3.94. The fourth-order valence-electron chi connectivity index (χ4n) is 2.44. The van der Waals surface area contributed by atoms with E-state index in [0.717, 1.165) is 5.56 Å². The first kappa shape index (κ1) is 23.6. The molecule has 1 rings (SSSR count). The van der Waals surface area contributed by atoms with Gasteiger partial charge in [0.05, 0.1) is 12.5 Å². The monoisotopic (exact) mass is 408 g/mol. The van der Waals surface area contributed by atoms with Gasteiger partial charge in [-0.15, -0.1) is 0 Å². The van der Waals surface area contributed by atoms with Crippen LogP contribution >= 0.6 is 0 Å². The number of nitrogens with two attached hydrogens (primary N) is 2. The molecule has 3 atom stereocenters. The molecule has 0 fully saturated rings. The number of benzene rings is 1. The number of primary amides is 1. The highest BCUT2D eigenvalue weighted by atomic mass is 16.4. The topological polar surface area (TPSA) is 202 Å². The average molecular weight is 408 g/mol. The van der Waals surface area contributed by atoms with Crippen LogP contribution < -0.4 is 22.1 Å². The lowest BCUT2D eigenvalue weighted by molar-refractivity contribution is -0.147. The van der Waals surface area contributed by atoms with E-state index in [1.807, 2.05) is 5.32 Å². The summed E-state index contributed by atoms with van der Waals surface area (Å²) in [5, 5.41) is 22.2.